The average molecular weight is 278 g/mol. The summed E-state index contributed by atoms with van der Waals surface area (Å²) in [6, 6.07) is 6.39. The van der Waals surface area contributed by atoms with Gasteiger partial charge >= 0.3 is 5.97 Å². The van der Waals surface area contributed by atoms with Crippen molar-refractivity contribution in [2.45, 2.75) is 19.5 Å². The van der Waals surface area contributed by atoms with Crippen molar-refractivity contribution in [1.29, 1.82) is 0 Å². The Morgan fingerprint density at radius 3 is 3.00 bits per heavy atom. The van der Waals surface area contributed by atoms with Crippen LogP contribution in [0.25, 0.3) is 0 Å². The van der Waals surface area contributed by atoms with Crippen molar-refractivity contribution in [2.24, 2.45) is 0 Å². The molecule has 106 valence electrons. The maximum absolute atomic E-state index is 13.1. The van der Waals surface area contributed by atoms with Crippen LogP contribution in [-0.2, 0) is 6.54 Å². The first-order valence-corrected chi connectivity index (χ1v) is 6.18. The number of benzene rings is 1. The van der Waals surface area contributed by atoms with Crippen LogP contribution in [-0.4, -0.2) is 32.6 Å². The third-order valence-corrected chi connectivity index (χ3v) is 2.90. The highest BCUT2D eigenvalue weighted by Crippen LogP contribution is 2.12. The van der Waals surface area contributed by atoms with Crippen LogP contribution in [0.4, 0.5) is 4.39 Å². The van der Waals surface area contributed by atoms with Gasteiger partial charge in [0.15, 0.2) is 5.69 Å². The predicted molar refractivity (Wildman–Crippen MR) is 69.8 cm³/mol. The van der Waals surface area contributed by atoms with E-state index in [9.17, 15) is 9.18 Å². The second-order valence-corrected chi connectivity index (χ2v) is 4.40. The van der Waals surface area contributed by atoms with Crippen molar-refractivity contribution in [2.75, 3.05) is 6.54 Å². The topological polar surface area (TPSA) is 80.0 Å². The van der Waals surface area contributed by atoms with Gasteiger partial charge in [-0.15, -0.1) is 5.10 Å². The number of halogens is 1. The zero-order valence-corrected chi connectivity index (χ0v) is 11.0. The number of carbonyl (C=O) groups is 1. The van der Waals surface area contributed by atoms with E-state index in [-0.39, 0.29) is 17.6 Å². The second kappa shape index (κ2) is 6.25. The molecule has 6 nitrogen and oxygen atoms in total. The zero-order valence-electron chi connectivity index (χ0n) is 11.0. The van der Waals surface area contributed by atoms with Crippen LogP contribution in [0.5, 0.6) is 0 Å². The Kier molecular flexibility index (Phi) is 4.41. The lowest BCUT2D eigenvalue weighted by Crippen LogP contribution is -2.23. The lowest BCUT2D eigenvalue weighted by Gasteiger charge is -2.14. The van der Waals surface area contributed by atoms with E-state index >= 15 is 0 Å². The van der Waals surface area contributed by atoms with Crippen LogP contribution < -0.4 is 5.32 Å². The summed E-state index contributed by atoms with van der Waals surface area (Å²) < 4.78 is 14.5. The minimum Gasteiger partial charge on any atom is -0.476 e. The van der Waals surface area contributed by atoms with Gasteiger partial charge in [0.2, 0.25) is 0 Å². The van der Waals surface area contributed by atoms with Gasteiger partial charge in [-0.25, -0.2) is 9.18 Å². The molecule has 0 aliphatic rings. The molecule has 1 atom stereocenters. The van der Waals surface area contributed by atoms with Gasteiger partial charge in [0.1, 0.15) is 5.82 Å². The summed E-state index contributed by atoms with van der Waals surface area (Å²) in [4.78, 5) is 10.6. The number of nitrogens with zero attached hydrogens (tertiary/aromatic N) is 3. The second-order valence-electron chi connectivity index (χ2n) is 4.40. The van der Waals surface area contributed by atoms with E-state index in [1.807, 2.05) is 13.0 Å². The van der Waals surface area contributed by atoms with Crippen molar-refractivity contribution >= 4 is 5.97 Å². The molecule has 0 saturated carbocycles. The summed E-state index contributed by atoms with van der Waals surface area (Å²) in [5.74, 6) is -1.36. The largest absolute Gasteiger partial charge is 0.476 e. The van der Waals surface area contributed by atoms with Crippen molar-refractivity contribution in [3.8, 4) is 0 Å². The van der Waals surface area contributed by atoms with Crippen LogP contribution in [0, 0.1) is 5.82 Å². The smallest absolute Gasteiger partial charge is 0.358 e. The molecule has 2 rings (SSSR count). The van der Waals surface area contributed by atoms with Crippen molar-refractivity contribution in [3.63, 3.8) is 0 Å². The van der Waals surface area contributed by atoms with Crippen molar-refractivity contribution in [3.05, 3.63) is 47.5 Å². The molecule has 2 N–H and O–H groups in total. The highest BCUT2D eigenvalue weighted by atomic mass is 19.1. The summed E-state index contributed by atoms with van der Waals surface area (Å²) in [6.07, 6.45) is 1.37. The number of hydrogen-bond donors (Lipinski definition) is 2. The number of rotatable bonds is 6. The van der Waals surface area contributed by atoms with Gasteiger partial charge in [0, 0.05) is 12.6 Å². The first-order valence-electron chi connectivity index (χ1n) is 6.18. The van der Waals surface area contributed by atoms with Crippen LogP contribution in [0.1, 0.15) is 29.0 Å². The maximum Gasteiger partial charge on any atom is 0.358 e. The molecule has 2 aromatic rings. The Labute approximate surface area is 115 Å². The Morgan fingerprint density at radius 2 is 2.35 bits per heavy atom. The summed E-state index contributed by atoms with van der Waals surface area (Å²) >= 11 is 0. The fraction of sp³-hybridized carbons (Fsp3) is 0.308. The van der Waals surface area contributed by atoms with Crippen LogP contribution >= 0.6 is 0 Å². The number of aromatic nitrogens is 3. The van der Waals surface area contributed by atoms with E-state index in [0.29, 0.717) is 13.1 Å². The minimum atomic E-state index is -1.10. The summed E-state index contributed by atoms with van der Waals surface area (Å²) in [6.45, 7) is 2.98. The zero-order chi connectivity index (χ0) is 14.5. The first-order chi connectivity index (χ1) is 9.56. The molecule has 1 heterocycles. The highest BCUT2D eigenvalue weighted by molar-refractivity contribution is 5.84. The van der Waals surface area contributed by atoms with Crippen LogP contribution in [0.3, 0.4) is 0 Å². The number of nitrogens with one attached hydrogen (secondary N) is 1. The molecule has 0 unspecified atom stereocenters. The van der Waals surface area contributed by atoms with Gasteiger partial charge in [-0.05, 0) is 24.6 Å². The van der Waals surface area contributed by atoms with E-state index < -0.39 is 5.97 Å². The average Bonchev–Trinajstić information content (AvgIpc) is 2.87. The standard InChI is InChI=1S/C13H15FN4O2/c1-9(10-3-2-4-11(14)7-10)15-5-6-18-8-12(13(19)20)16-17-18/h2-4,7-9,15H,5-6H2,1H3,(H,19,20)/t9-/m0/s1. The van der Waals surface area contributed by atoms with Gasteiger partial charge in [0.05, 0.1) is 12.7 Å². The fourth-order valence-corrected chi connectivity index (χ4v) is 1.80. The van der Waals surface area contributed by atoms with Gasteiger partial charge < -0.3 is 10.4 Å². The van der Waals surface area contributed by atoms with Gasteiger partial charge in [0.25, 0.3) is 0 Å². The summed E-state index contributed by atoms with van der Waals surface area (Å²) in [5, 5.41) is 19.2. The molecule has 0 amide bonds. The molecule has 20 heavy (non-hydrogen) atoms. The molecule has 0 spiro atoms. The molecule has 1 aromatic heterocycles. The number of carboxylic acid groups (broad SMARTS) is 1. The highest BCUT2D eigenvalue weighted by Gasteiger charge is 2.09. The van der Waals surface area contributed by atoms with E-state index in [2.05, 4.69) is 15.6 Å². The molecule has 0 saturated heterocycles. The van der Waals surface area contributed by atoms with Gasteiger partial charge in [-0.2, -0.15) is 0 Å². The van der Waals surface area contributed by atoms with Gasteiger partial charge in [-0.3, -0.25) is 4.68 Å². The number of carboxylic acids is 1. The van der Waals surface area contributed by atoms with Crippen molar-refractivity contribution in [1.82, 2.24) is 20.3 Å². The maximum atomic E-state index is 13.1. The monoisotopic (exact) mass is 278 g/mol. The molecule has 0 radical (unpaired) electrons. The molecule has 7 heteroatoms. The molecule has 0 aliphatic carbocycles. The Morgan fingerprint density at radius 1 is 1.55 bits per heavy atom. The number of hydrogen-bond acceptors (Lipinski definition) is 4. The van der Waals surface area contributed by atoms with E-state index in [4.69, 9.17) is 5.11 Å². The van der Waals surface area contributed by atoms with Crippen LogP contribution in [0.2, 0.25) is 0 Å². The Hall–Kier alpha value is -2.28. The summed E-state index contributed by atoms with van der Waals surface area (Å²) in [7, 11) is 0. The third-order valence-electron chi connectivity index (χ3n) is 2.90. The lowest BCUT2D eigenvalue weighted by molar-refractivity contribution is 0.0690. The van der Waals surface area contributed by atoms with E-state index in [1.165, 1.54) is 23.0 Å². The van der Waals surface area contributed by atoms with Crippen molar-refractivity contribution < 1.29 is 14.3 Å². The molecule has 0 bridgehead atoms. The normalized spacial score (nSPS) is 12.3. The predicted octanol–water partition coefficient (Wildman–Crippen LogP) is 1.47. The molecular weight excluding hydrogens is 263 g/mol. The SMILES string of the molecule is C[C@H](NCCn1cc(C(=O)O)nn1)c1cccc(F)c1. The number of aromatic carboxylic acids is 1. The van der Waals surface area contributed by atoms with E-state index in [1.54, 1.807) is 6.07 Å². The third kappa shape index (κ3) is 3.61. The molecular formula is C13H15FN4O2. The lowest BCUT2D eigenvalue weighted by atomic mass is 10.1. The fourth-order valence-electron chi connectivity index (χ4n) is 1.80. The molecule has 0 aliphatic heterocycles. The summed E-state index contributed by atoms with van der Waals surface area (Å²) in [5.41, 5.74) is 0.776. The van der Waals surface area contributed by atoms with E-state index in [0.717, 1.165) is 5.56 Å². The Balaban J connectivity index is 1.84. The van der Waals surface area contributed by atoms with Gasteiger partial charge in [-0.1, -0.05) is 17.3 Å². The first kappa shape index (κ1) is 14.1. The Bertz CT molecular complexity index is 600. The molecule has 0 fully saturated rings. The quantitative estimate of drug-likeness (QED) is 0.836. The molecule has 1 aromatic carbocycles. The van der Waals surface area contributed by atoms with Crippen LogP contribution in [0.15, 0.2) is 30.5 Å². The minimum absolute atomic E-state index is 0.00633.